The first-order valence-electron chi connectivity index (χ1n) is 11.2. The van der Waals surface area contributed by atoms with Crippen molar-refractivity contribution in [3.05, 3.63) is 98.7 Å². The number of benzene rings is 2. The van der Waals surface area contributed by atoms with E-state index in [1.165, 1.54) is 17.0 Å². The molecule has 0 saturated heterocycles. The zero-order valence-electron chi connectivity index (χ0n) is 19.5. The first kappa shape index (κ1) is 24.1. The molecule has 0 radical (unpaired) electrons. The third-order valence-corrected chi connectivity index (χ3v) is 5.75. The van der Waals surface area contributed by atoms with Crippen LogP contribution in [0.15, 0.2) is 70.5 Å². The molecule has 1 atom stereocenters. The number of hydrogen-bond acceptors (Lipinski definition) is 5. The van der Waals surface area contributed by atoms with Crippen molar-refractivity contribution >= 4 is 17.1 Å². The maximum Gasteiger partial charge on any atom is 0.333 e. The van der Waals surface area contributed by atoms with E-state index in [0.717, 1.165) is 10.1 Å². The van der Waals surface area contributed by atoms with Gasteiger partial charge in [0.2, 0.25) is 5.91 Å². The summed E-state index contributed by atoms with van der Waals surface area (Å²) in [7, 11) is 1.55. The number of carbonyl (C=O) groups is 1. The summed E-state index contributed by atoms with van der Waals surface area (Å²) in [5.41, 5.74) is 0.297. The van der Waals surface area contributed by atoms with E-state index in [1.807, 2.05) is 30.3 Å². The second kappa shape index (κ2) is 10.5. The van der Waals surface area contributed by atoms with Crippen molar-refractivity contribution in [1.29, 1.82) is 0 Å². The Morgan fingerprint density at radius 3 is 2.51 bits per heavy atom. The van der Waals surface area contributed by atoms with Gasteiger partial charge in [-0.1, -0.05) is 48.5 Å². The summed E-state index contributed by atoms with van der Waals surface area (Å²) in [4.78, 5) is 43.9. The van der Waals surface area contributed by atoms with E-state index >= 15 is 0 Å². The maximum absolute atomic E-state index is 14.1. The van der Waals surface area contributed by atoms with Crippen molar-refractivity contribution in [2.75, 3.05) is 13.7 Å². The fourth-order valence-electron chi connectivity index (χ4n) is 3.98. The molecular formula is C25H26FN5O4. The lowest BCUT2D eigenvalue weighted by Gasteiger charge is -2.16. The molecule has 2 aromatic carbocycles. The van der Waals surface area contributed by atoms with E-state index in [9.17, 15) is 18.8 Å². The molecule has 2 aromatic heterocycles. The summed E-state index contributed by atoms with van der Waals surface area (Å²) in [5, 5.41) is 2.67. The molecule has 0 saturated carbocycles. The highest BCUT2D eigenvalue weighted by Crippen LogP contribution is 2.16. The van der Waals surface area contributed by atoms with Gasteiger partial charge in [0.05, 0.1) is 25.5 Å². The van der Waals surface area contributed by atoms with Crippen LogP contribution < -0.4 is 16.6 Å². The molecule has 4 rings (SSSR count). The van der Waals surface area contributed by atoms with Crippen LogP contribution in [0.2, 0.25) is 0 Å². The SMILES string of the molecule is COCCn1cnc2c1c(=O)n(CC(=O)NC(C)c1ccccc1F)c(=O)n2Cc1ccccc1. The molecule has 0 aliphatic rings. The highest BCUT2D eigenvalue weighted by atomic mass is 19.1. The van der Waals surface area contributed by atoms with Crippen molar-refractivity contribution in [3.63, 3.8) is 0 Å². The lowest BCUT2D eigenvalue weighted by molar-refractivity contribution is -0.122. The second-order valence-electron chi connectivity index (χ2n) is 8.16. The van der Waals surface area contributed by atoms with Gasteiger partial charge < -0.3 is 14.6 Å². The fraction of sp³-hybridized carbons (Fsp3) is 0.280. The van der Waals surface area contributed by atoms with E-state index in [4.69, 9.17) is 4.74 Å². The smallest absolute Gasteiger partial charge is 0.333 e. The average molecular weight is 480 g/mol. The van der Waals surface area contributed by atoms with Gasteiger partial charge in [-0.2, -0.15) is 0 Å². The van der Waals surface area contributed by atoms with Crippen LogP contribution >= 0.6 is 0 Å². The number of amides is 1. The van der Waals surface area contributed by atoms with Crippen molar-refractivity contribution in [2.45, 2.75) is 32.6 Å². The van der Waals surface area contributed by atoms with Crippen molar-refractivity contribution in [2.24, 2.45) is 0 Å². The van der Waals surface area contributed by atoms with Crippen LogP contribution in [0.1, 0.15) is 24.1 Å². The van der Waals surface area contributed by atoms with Crippen LogP contribution in [0.5, 0.6) is 0 Å². The highest BCUT2D eigenvalue weighted by Gasteiger charge is 2.21. The number of nitrogens with one attached hydrogen (secondary N) is 1. The number of aromatic nitrogens is 4. The number of halogens is 1. The zero-order chi connectivity index (χ0) is 24.9. The van der Waals surface area contributed by atoms with Crippen molar-refractivity contribution in [1.82, 2.24) is 24.0 Å². The number of ether oxygens (including phenoxy) is 1. The Bertz CT molecular complexity index is 1460. The normalized spacial score (nSPS) is 12.1. The van der Waals surface area contributed by atoms with Crippen LogP contribution in [-0.4, -0.2) is 38.3 Å². The standard InChI is InChI=1S/C25H26FN5O4/c1-17(19-10-6-7-11-20(19)26)28-21(32)15-31-24(33)22-23(27-16-29(22)12-13-35-2)30(25(31)34)14-18-8-4-3-5-9-18/h3-11,16-17H,12-15H2,1-2H3,(H,28,32). The molecular weight excluding hydrogens is 453 g/mol. The monoisotopic (exact) mass is 479 g/mol. The summed E-state index contributed by atoms with van der Waals surface area (Å²) in [5.74, 6) is -1.04. The molecule has 2 heterocycles. The van der Waals surface area contributed by atoms with Gasteiger partial charge in [0, 0.05) is 19.2 Å². The molecule has 0 aliphatic carbocycles. The minimum absolute atomic E-state index is 0.172. The molecule has 0 spiro atoms. The van der Waals surface area contributed by atoms with E-state index in [-0.39, 0.29) is 17.7 Å². The van der Waals surface area contributed by atoms with Crippen LogP contribution in [-0.2, 0) is 29.2 Å². The van der Waals surface area contributed by atoms with Crippen LogP contribution in [0, 0.1) is 5.82 Å². The van der Waals surface area contributed by atoms with Gasteiger partial charge in [0.1, 0.15) is 12.4 Å². The molecule has 35 heavy (non-hydrogen) atoms. The Morgan fingerprint density at radius 1 is 1.09 bits per heavy atom. The topological polar surface area (TPSA) is 100 Å². The Labute approximate surface area is 200 Å². The quantitative estimate of drug-likeness (QED) is 0.396. The second-order valence-corrected chi connectivity index (χ2v) is 8.16. The predicted molar refractivity (Wildman–Crippen MR) is 129 cm³/mol. The molecule has 0 fully saturated rings. The molecule has 9 nitrogen and oxygen atoms in total. The Balaban J connectivity index is 1.73. The molecule has 0 bridgehead atoms. The lowest BCUT2D eigenvalue weighted by atomic mass is 10.1. The average Bonchev–Trinajstić information content (AvgIpc) is 3.28. The first-order chi connectivity index (χ1) is 16.9. The first-order valence-corrected chi connectivity index (χ1v) is 11.2. The number of imidazole rings is 1. The number of hydrogen-bond donors (Lipinski definition) is 1. The van der Waals surface area contributed by atoms with Gasteiger partial charge >= 0.3 is 5.69 Å². The van der Waals surface area contributed by atoms with Gasteiger partial charge in [0.15, 0.2) is 11.2 Å². The summed E-state index contributed by atoms with van der Waals surface area (Å²) >= 11 is 0. The van der Waals surface area contributed by atoms with Gasteiger partial charge in [0.25, 0.3) is 5.56 Å². The largest absolute Gasteiger partial charge is 0.383 e. The van der Waals surface area contributed by atoms with Crippen LogP contribution in [0.4, 0.5) is 4.39 Å². The predicted octanol–water partition coefficient (Wildman–Crippen LogP) is 2.07. The van der Waals surface area contributed by atoms with Crippen molar-refractivity contribution in [3.8, 4) is 0 Å². The minimum atomic E-state index is -0.656. The van der Waals surface area contributed by atoms with Gasteiger partial charge in [-0.05, 0) is 18.6 Å². The van der Waals surface area contributed by atoms with Gasteiger partial charge in [-0.25, -0.2) is 18.7 Å². The molecule has 182 valence electrons. The number of methoxy groups -OCH3 is 1. The van der Waals surface area contributed by atoms with E-state index in [1.54, 1.807) is 36.8 Å². The summed E-state index contributed by atoms with van der Waals surface area (Å²) in [6.07, 6.45) is 1.48. The highest BCUT2D eigenvalue weighted by molar-refractivity contribution is 5.77. The molecule has 0 aliphatic heterocycles. The third kappa shape index (κ3) is 5.07. The Hall–Kier alpha value is -4.05. The molecule has 1 N–H and O–H groups in total. The van der Waals surface area contributed by atoms with E-state index < -0.39 is 35.6 Å². The molecule has 1 amide bonds. The van der Waals surface area contributed by atoms with E-state index in [0.29, 0.717) is 18.7 Å². The molecule has 10 heteroatoms. The number of nitrogens with zero attached hydrogens (tertiary/aromatic N) is 4. The van der Waals surface area contributed by atoms with E-state index in [2.05, 4.69) is 10.3 Å². The van der Waals surface area contributed by atoms with Crippen molar-refractivity contribution < 1.29 is 13.9 Å². The van der Waals surface area contributed by atoms with Gasteiger partial charge in [-0.3, -0.25) is 14.2 Å². The Kier molecular flexibility index (Phi) is 7.21. The maximum atomic E-state index is 14.1. The van der Waals surface area contributed by atoms with Crippen LogP contribution in [0.25, 0.3) is 11.2 Å². The van der Waals surface area contributed by atoms with Crippen LogP contribution in [0.3, 0.4) is 0 Å². The number of rotatable bonds is 9. The van der Waals surface area contributed by atoms with Gasteiger partial charge in [-0.15, -0.1) is 0 Å². The number of carbonyl (C=O) groups excluding carboxylic acids is 1. The lowest BCUT2D eigenvalue weighted by Crippen LogP contribution is -2.44. The zero-order valence-corrected chi connectivity index (χ0v) is 19.5. The molecule has 1 unspecified atom stereocenters. The Morgan fingerprint density at radius 2 is 1.80 bits per heavy atom. The third-order valence-electron chi connectivity index (χ3n) is 5.75. The minimum Gasteiger partial charge on any atom is -0.383 e. The number of fused-ring (bicyclic) bond motifs is 1. The summed E-state index contributed by atoms with van der Waals surface area (Å²) in [6, 6.07) is 14.7. The fourth-order valence-corrected chi connectivity index (χ4v) is 3.98. The summed E-state index contributed by atoms with van der Waals surface area (Å²) in [6.45, 7) is 1.98. The summed E-state index contributed by atoms with van der Waals surface area (Å²) < 4.78 is 23.1. The molecule has 4 aromatic rings.